The van der Waals surface area contributed by atoms with Crippen molar-refractivity contribution < 1.29 is 4.74 Å². The molecule has 4 nitrogen and oxygen atoms in total. The Morgan fingerprint density at radius 3 is 2.74 bits per heavy atom. The van der Waals surface area contributed by atoms with Gasteiger partial charge in [-0.1, -0.05) is 35.8 Å². The van der Waals surface area contributed by atoms with E-state index in [1.165, 1.54) is 29.2 Å². The lowest BCUT2D eigenvalue weighted by Gasteiger charge is -2.32. The topological polar surface area (TPSA) is 36.5 Å². The second-order valence-electron chi connectivity index (χ2n) is 8.58. The first-order valence-corrected chi connectivity index (χ1v) is 9.79. The first-order chi connectivity index (χ1) is 12.9. The molecule has 2 aromatic carbocycles. The second-order valence-corrected chi connectivity index (χ2v) is 8.58. The molecule has 2 radical (unpaired) electrons. The lowest BCUT2D eigenvalue weighted by molar-refractivity contribution is -0.0703. The number of rotatable bonds is 4. The summed E-state index contributed by atoms with van der Waals surface area (Å²) in [6.07, 6.45) is 4.71. The summed E-state index contributed by atoms with van der Waals surface area (Å²) < 4.78 is 6.02. The number of ether oxygens (including phenoxy) is 1. The molecule has 1 unspecified atom stereocenters. The van der Waals surface area contributed by atoms with Crippen LogP contribution >= 0.6 is 0 Å². The summed E-state index contributed by atoms with van der Waals surface area (Å²) in [7, 11) is 5.89. The van der Waals surface area contributed by atoms with Crippen LogP contribution in [0, 0.1) is 0 Å². The van der Waals surface area contributed by atoms with Gasteiger partial charge >= 0.3 is 0 Å². The van der Waals surface area contributed by atoms with E-state index >= 15 is 0 Å². The van der Waals surface area contributed by atoms with Gasteiger partial charge in [-0.15, -0.1) is 0 Å². The molecule has 0 aliphatic carbocycles. The third-order valence-corrected chi connectivity index (χ3v) is 5.36. The van der Waals surface area contributed by atoms with E-state index in [9.17, 15) is 0 Å². The number of hydrogen-bond donors (Lipinski definition) is 2. The summed E-state index contributed by atoms with van der Waals surface area (Å²) in [5, 5.41) is 9.59. The first kappa shape index (κ1) is 18.4. The predicted molar refractivity (Wildman–Crippen MR) is 113 cm³/mol. The molecule has 0 spiro atoms. The number of hydrogen-bond acceptors (Lipinski definition) is 4. The van der Waals surface area contributed by atoms with Crippen LogP contribution in [0.25, 0.3) is 16.5 Å². The largest absolute Gasteiger partial charge is 0.368 e. The summed E-state index contributed by atoms with van der Waals surface area (Å²) in [5.74, 6) is 0. The molecular formula is C22H28BN3O. The molecule has 5 heteroatoms. The quantitative estimate of drug-likeness (QED) is 0.821. The molecule has 4 rings (SSSR count). The van der Waals surface area contributed by atoms with Gasteiger partial charge < -0.3 is 15.4 Å². The molecule has 0 aromatic heterocycles. The fourth-order valence-electron chi connectivity index (χ4n) is 3.90. The van der Waals surface area contributed by atoms with Crippen LogP contribution in [0.15, 0.2) is 42.6 Å². The Morgan fingerprint density at radius 2 is 1.93 bits per heavy atom. The molecule has 1 fully saturated rings. The minimum absolute atomic E-state index is 0.110. The summed E-state index contributed by atoms with van der Waals surface area (Å²) in [6, 6.07) is 13.0. The van der Waals surface area contributed by atoms with E-state index in [1.54, 1.807) is 0 Å². The zero-order valence-corrected chi connectivity index (χ0v) is 16.5. The third-order valence-electron chi connectivity index (χ3n) is 5.36. The molecule has 2 aromatic rings. The standard InChI is InChI=1S/C22H28BN3O/c1-22(2,3)27-14-26-10-4-5-20(26)21-24-13-19(25-21)17-7-6-16-12-18(23)9-8-15(16)11-17/h6-9,11-13,20-21,24-25H,4-5,10,14H2,1-3H3/t20-,21?/m0/s1. The molecule has 2 aliphatic rings. The highest BCUT2D eigenvalue weighted by molar-refractivity contribution is 6.33. The van der Waals surface area contributed by atoms with Gasteiger partial charge in [-0.05, 0) is 56.0 Å². The van der Waals surface area contributed by atoms with Gasteiger partial charge in [0.1, 0.15) is 20.7 Å². The molecule has 140 valence electrons. The van der Waals surface area contributed by atoms with Crippen LogP contribution in [-0.4, -0.2) is 43.8 Å². The van der Waals surface area contributed by atoms with E-state index in [1.807, 2.05) is 12.1 Å². The van der Waals surface area contributed by atoms with E-state index in [4.69, 9.17) is 12.6 Å². The summed E-state index contributed by atoms with van der Waals surface area (Å²) >= 11 is 0. The summed E-state index contributed by atoms with van der Waals surface area (Å²) in [6.45, 7) is 8.10. The summed E-state index contributed by atoms with van der Waals surface area (Å²) in [4.78, 5) is 2.44. The van der Waals surface area contributed by atoms with Gasteiger partial charge in [0.2, 0.25) is 0 Å². The predicted octanol–water partition coefficient (Wildman–Crippen LogP) is 2.69. The van der Waals surface area contributed by atoms with Crippen molar-refractivity contribution in [3.05, 3.63) is 48.2 Å². The summed E-state index contributed by atoms with van der Waals surface area (Å²) in [5.41, 5.74) is 3.02. The Kier molecular flexibility index (Phi) is 4.91. The van der Waals surface area contributed by atoms with Crippen molar-refractivity contribution in [2.24, 2.45) is 0 Å². The molecule has 27 heavy (non-hydrogen) atoms. The molecule has 2 aliphatic heterocycles. The fraction of sp³-hybridized carbons (Fsp3) is 0.455. The Balaban J connectivity index is 1.44. The Bertz CT molecular complexity index is 858. The highest BCUT2D eigenvalue weighted by Gasteiger charge is 2.34. The van der Waals surface area contributed by atoms with Crippen molar-refractivity contribution >= 4 is 29.8 Å². The maximum atomic E-state index is 6.02. The van der Waals surface area contributed by atoms with E-state index in [2.05, 4.69) is 66.8 Å². The average Bonchev–Trinajstić information content (AvgIpc) is 3.28. The maximum Gasteiger partial charge on any atom is 0.113 e. The molecule has 0 amide bonds. The SMILES string of the molecule is [B]c1ccc2cc(C3=CNC([C@@H]4CCCN4COC(C)(C)C)N3)ccc2c1. The van der Waals surface area contributed by atoms with E-state index < -0.39 is 0 Å². The zero-order valence-electron chi connectivity index (χ0n) is 16.5. The van der Waals surface area contributed by atoms with Crippen LogP contribution < -0.4 is 16.1 Å². The van der Waals surface area contributed by atoms with Gasteiger partial charge in [0, 0.05) is 12.7 Å². The van der Waals surface area contributed by atoms with Crippen LogP contribution in [0.3, 0.4) is 0 Å². The van der Waals surface area contributed by atoms with Crippen molar-refractivity contribution in [2.45, 2.75) is 51.4 Å². The lowest BCUT2D eigenvalue weighted by atomic mass is 9.93. The second kappa shape index (κ2) is 7.21. The van der Waals surface area contributed by atoms with Gasteiger partial charge in [-0.25, -0.2) is 0 Å². The van der Waals surface area contributed by atoms with E-state index in [0.717, 1.165) is 17.7 Å². The van der Waals surface area contributed by atoms with Gasteiger partial charge in [-0.2, -0.15) is 0 Å². The number of nitrogens with one attached hydrogen (secondary N) is 2. The molecular weight excluding hydrogens is 333 g/mol. The van der Waals surface area contributed by atoms with Crippen molar-refractivity contribution in [3.63, 3.8) is 0 Å². The van der Waals surface area contributed by atoms with Crippen LogP contribution in [0.1, 0.15) is 39.2 Å². The molecule has 1 saturated heterocycles. The minimum Gasteiger partial charge on any atom is -0.368 e. The Labute approximate surface area is 163 Å². The Morgan fingerprint density at radius 1 is 1.15 bits per heavy atom. The monoisotopic (exact) mass is 361 g/mol. The molecule has 2 heterocycles. The molecule has 0 saturated carbocycles. The van der Waals surface area contributed by atoms with E-state index in [0.29, 0.717) is 12.8 Å². The van der Waals surface area contributed by atoms with Crippen LogP contribution in [0.2, 0.25) is 0 Å². The third kappa shape index (κ3) is 4.15. The van der Waals surface area contributed by atoms with Crippen molar-refractivity contribution in [2.75, 3.05) is 13.3 Å². The van der Waals surface area contributed by atoms with E-state index in [-0.39, 0.29) is 11.8 Å². The number of nitrogens with zero attached hydrogens (tertiary/aromatic N) is 1. The Hall–Kier alpha value is -1.98. The van der Waals surface area contributed by atoms with Gasteiger partial charge in [0.05, 0.1) is 17.3 Å². The van der Waals surface area contributed by atoms with Gasteiger partial charge in [0.15, 0.2) is 0 Å². The first-order valence-electron chi connectivity index (χ1n) is 9.79. The number of fused-ring (bicyclic) bond motifs is 1. The number of benzene rings is 2. The van der Waals surface area contributed by atoms with Crippen molar-refractivity contribution in [1.29, 1.82) is 0 Å². The zero-order chi connectivity index (χ0) is 19.0. The lowest BCUT2D eigenvalue weighted by Crippen LogP contribution is -2.50. The molecule has 2 N–H and O–H groups in total. The highest BCUT2D eigenvalue weighted by atomic mass is 16.5. The highest BCUT2D eigenvalue weighted by Crippen LogP contribution is 2.26. The normalized spacial score (nSPS) is 23.3. The van der Waals surface area contributed by atoms with Crippen molar-refractivity contribution in [3.8, 4) is 0 Å². The van der Waals surface area contributed by atoms with Crippen LogP contribution in [0.4, 0.5) is 0 Å². The van der Waals surface area contributed by atoms with Crippen LogP contribution in [0.5, 0.6) is 0 Å². The maximum absolute atomic E-state index is 6.02. The fourth-order valence-corrected chi connectivity index (χ4v) is 3.90. The molecule has 2 atom stereocenters. The number of likely N-dealkylation sites (tertiary alicyclic amines) is 1. The van der Waals surface area contributed by atoms with Gasteiger partial charge in [0.25, 0.3) is 0 Å². The van der Waals surface area contributed by atoms with Gasteiger partial charge in [-0.3, -0.25) is 4.90 Å². The minimum atomic E-state index is -0.110. The average molecular weight is 361 g/mol. The smallest absolute Gasteiger partial charge is 0.113 e. The van der Waals surface area contributed by atoms with Crippen molar-refractivity contribution in [1.82, 2.24) is 15.5 Å². The molecule has 0 bridgehead atoms. The van der Waals surface area contributed by atoms with Crippen LogP contribution in [-0.2, 0) is 4.74 Å².